The van der Waals surface area contributed by atoms with Gasteiger partial charge >= 0.3 is 0 Å². The largest absolute Gasteiger partial charge is 0.368 e. The van der Waals surface area contributed by atoms with Crippen molar-refractivity contribution in [1.29, 1.82) is 0 Å². The number of nitro groups is 2. The summed E-state index contributed by atoms with van der Waals surface area (Å²) in [6.45, 7) is 0.813. The summed E-state index contributed by atoms with van der Waals surface area (Å²) in [6.07, 6.45) is -0.660. The van der Waals surface area contributed by atoms with Crippen molar-refractivity contribution in [2.45, 2.75) is 12.2 Å². The summed E-state index contributed by atoms with van der Waals surface area (Å²) < 4.78 is 10.1. The lowest BCUT2D eigenvalue weighted by Crippen LogP contribution is -2.01. The maximum Gasteiger partial charge on any atom is 0.282 e. The van der Waals surface area contributed by atoms with Crippen LogP contribution in [0.5, 0.6) is 0 Å². The fraction of sp³-hybridized carbons (Fsp3) is 0.400. The van der Waals surface area contributed by atoms with Crippen LogP contribution >= 0.6 is 0 Å². The Morgan fingerprint density at radius 3 is 1.61 bits per heavy atom. The quantitative estimate of drug-likeness (QED) is 0.457. The predicted molar refractivity (Wildman–Crippen MR) is 57.1 cm³/mol. The van der Waals surface area contributed by atoms with Gasteiger partial charge in [-0.15, -0.1) is 0 Å². The van der Waals surface area contributed by atoms with Crippen LogP contribution in [0.15, 0.2) is 12.1 Å². The number of ether oxygens (including phenoxy) is 2. The molecule has 0 spiro atoms. The van der Waals surface area contributed by atoms with Gasteiger partial charge in [0.2, 0.25) is 0 Å². The molecular formula is C10H8N2O6. The number of nitrogens with zero attached hydrogens (tertiary/aromatic N) is 2. The molecule has 0 amide bonds. The molecule has 2 fully saturated rings. The topological polar surface area (TPSA) is 111 Å². The summed E-state index contributed by atoms with van der Waals surface area (Å²) in [5.41, 5.74) is 0.231. The maximum atomic E-state index is 10.9. The van der Waals surface area contributed by atoms with E-state index in [-0.39, 0.29) is 23.6 Å². The van der Waals surface area contributed by atoms with Crippen LogP contribution in [0.3, 0.4) is 0 Å². The highest BCUT2D eigenvalue weighted by Crippen LogP contribution is 2.44. The molecule has 0 saturated carbocycles. The summed E-state index contributed by atoms with van der Waals surface area (Å²) in [5.74, 6) is 0. The molecule has 0 N–H and O–H groups in total. The van der Waals surface area contributed by atoms with E-state index in [2.05, 4.69) is 0 Å². The Bertz CT molecular complexity index is 504. The molecule has 2 saturated heterocycles. The highest BCUT2D eigenvalue weighted by Gasteiger charge is 2.39. The standard InChI is InChI=1S/C10H8N2O6/c13-11(14)7-2-8(12(15)16)6(10-4-18-10)1-5(7)9-3-17-9/h1-2,9-10H,3-4H2/t9-,10-/m1/s1. The van der Waals surface area contributed by atoms with Crippen molar-refractivity contribution >= 4 is 11.4 Å². The summed E-state index contributed by atoms with van der Waals surface area (Å²) in [5, 5.41) is 21.8. The molecular weight excluding hydrogens is 244 g/mol. The van der Waals surface area contributed by atoms with E-state index in [4.69, 9.17) is 9.47 Å². The van der Waals surface area contributed by atoms with E-state index in [1.54, 1.807) is 0 Å². The van der Waals surface area contributed by atoms with Crippen LogP contribution in [0.2, 0.25) is 0 Å². The Balaban J connectivity index is 2.16. The second kappa shape index (κ2) is 3.72. The van der Waals surface area contributed by atoms with Crippen LogP contribution in [0.25, 0.3) is 0 Å². The van der Waals surface area contributed by atoms with Gasteiger partial charge in [-0.3, -0.25) is 20.2 Å². The van der Waals surface area contributed by atoms with Crippen molar-refractivity contribution < 1.29 is 19.3 Å². The molecule has 2 atom stereocenters. The zero-order chi connectivity index (χ0) is 12.9. The molecule has 2 aliphatic rings. The number of hydrogen-bond donors (Lipinski definition) is 0. The molecule has 0 bridgehead atoms. The van der Waals surface area contributed by atoms with E-state index in [0.717, 1.165) is 6.07 Å². The molecule has 3 rings (SSSR count). The third-order valence-electron chi connectivity index (χ3n) is 2.93. The molecule has 2 aliphatic heterocycles. The molecule has 18 heavy (non-hydrogen) atoms. The van der Waals surface area contributed by atoms with E-state index in [1.807, 2.05) is 0 Å². The van der Waals surface area contributed by atoms with E-state index in [1.165, 1.54) is 6.07 Å². The van der Waals surface area contributed by atoms with Gasteiger partial charge in [0.1, 0.15) is 12.2 Å². The van der Waals surface area contributed by atoms with Gasteiger partial charge in [0.15, 0.2) is 0 Å². The number of benzene rings is 1. The minimum atomic E-state index is -0.623. The average Bonchev–Trinajstić information content (AvgIpc) is 3.16. The lowest BCUT2D eigenvalue weighted by atomic mass is 10.0. The highest BCUT2D eigenvalue weighted by molar-refractivity contribution is 5.57. The van der Waals surface area contributed by atoms with Gasteiger partial charge < -0.3 is 9.47 Å². The van der Waals surface area contributed by atoms with Gasteiger partial charge in [0.25, 0.3) is 11.4 Å². The van der Waals surface area contributed by atoms with E-state index < -0.39 is 9.85 Å². The summed E-state index contributed by atoms with van der Waals surface area (Å²) >= 11 is 0. The SMILES string of the molecule is O=[N+]([O-])c1cc([N+](=O)[O-])c([C@H]2CO2)cc1[C@H]1CO1. The van der Waals surface area contributed by atoms with E-state index >= 15 is 0 Å². The first-order valence-corrected chi connectivity index (χ1v) is 5.27. The first-order chi connectivity index (χ1) is 8.58. The molecule has 0 unspecified atom stereocenters. The minimum absolute atomic E-state index is 0.270. The van der Waals surface area contributed by atoms with Crippen molar-refractivity contribution in [3.8, 4) is 0 Å². The zero-order valence-corrected chi connectivity index (χ0v) is 9.07. The first kappa shape index (κ1) is 11.1. The fourth-order valence-electron chi connectivity index (χ4n) is 1.90. The number of nitro benzene ring substituents is 2. The maximum absolute atomic E-state index is 10.9. The number of hydrogen-bond acceptors (Lipinski definition) is 6. The predicted octanol–water partition coefficient (Wildman–Crippen LogP) is 1.65. The summed E-state index contributed by atoms with van der Waals surface area (Å²) in [4.78, 5) is 20.6. The van der Waals surface area contributed by atoms with Crippen molar-refractivity contribution in [2.24, 2.45) is 0 Å². The third-order valence-corrected chi connectivity index (χ3v) is 2.93. The Morgan fingerprint density at radius 1 is 0.944 bits per heavy atom. The van der Waals surface area contributed by atoms with Gasteiger partial charge in [-0.1, -0.05) is 0 Å². The van der Waals surface area contributed by atoms with Gasteiger partial charge in [-0.05, 0) is 6.07 Å². The first-order valence-electron chi connectivity index (χ1n) is 5.27. The van der Waals surface area contributed by atoms with Crippen LogP contribution in [0.4, 0.5) is 11.4 Å². The van der Waals surface area contributed by atoms with Crippen LogP contribution < -0.4 is 0 Å². The molecule has 8 nitrogen and oxygen atoms in total. The smallest absolute Gasteiger partial charge is 0.282 e. The van der Waals surface area contributed by atoms with Crippen LogP contribution in [-0.2, 0) is 9.47 Å². The molecule has 2 heterocycles. The molecule has 1 aromatic rings. The van der Waals surface area contributed by atoms with Crippen molar-refractivity contribution in [3.05, 3.63) is 43.5 Å². The zero-order valence-electron chi connectivity index (χ0n) is 9.07. The summed E-state index contributed by atoms with van der Waals surface area (Å²) in [6, 6.07) is 2.46. The highest BCUT2D eigenvalue weighted by atomic mass is 16.6. The molecule has 1 aromatic carbocycles. The van der Waals surface area contributed by atoms with Gasteiger partial charge in [0, 0.05) is 0 Å². The summed E-state index contributed by atoms with van der Waals surface area (Å²) in [7, 11) is 0. The van der Waals surface area contributed by atoms with Crippen LogP contribution in [0.1, 0.15) is 23.3 Å². The van der Waals surface area contributed by atoms with Crippen molar-refractivity contribution in [2.75, 3.05) is 13.2 Å². The molecule has 0 radical (unpaired) electrons. The second-order valence-electron chi connectivity index (χ2n) is 4.13. The van der Waals surface area contributed by atoms with Crippen LogP contribution in [-0.4, -0.2) is 23.1 Å². The van der Waals surface area contributed by atoms with Crippen LogP contribution in [0, 0.1) is 20.2 Å². The Morgan fingerprint density at radius 2 is 1.33 bits per heavy atom. The fourth-order valence-corrected chi connectivity index (χ4v) is 1.90. The number of rotatable bonds is 4. The van der Waals surface area contributed by atoms with Gasteiger partial charge in [-0.2, -0.15) is 0 Å². The minimum Gasteiger partial charge on any atom is -0.368 e. The lowest BCUT2D eigenvalue weighted by Gasteiger charge is -2.04. The Labute approximate surface area is 100 Å². The van der Waals surface area contributed by atoms with Gasteiger partial charge in [0.05, 0.1) is 40.3 Å². The Kier molecular flexibility index (Phi) is 2.28. The Hall–Kier alpha value is -2.06. The van der Waals surface area contributed by atoms with Crippen molar-refractivity contribution in [3.63, 3.8) is 0 Å². The molecule has 0 aliphatic carbocycles. The normalized spacial score (nSPS) is 24.7. The van der Waals surface area contributed by atoms with E-state index in [0.29, 0.717) is 24.3 Å². The molecule has 8 heteroatoms. The van der Waals surface area contributed by atoms with E-state index in [9.17, 15) is 20.2 Å². The second-order valence-corrected chi connectivity index (χ2v) is 4.13. The molecule has 0 aromatic heterocycles. The van der Waals surface area contributed by atoms with Gasteiger partial charge in [-0.25, -0.2) is 0 Å². The van der Waals surface area contributed by atoms with Crippen molar-refractivity contribution in [1.82, 2.24) is 0 Å². The third kappa shape index (κ3) is 1.81. The number of epoxide rings is 2. The average molecular weight is 252 g/mol. The lowest BCUT2D eigenvalue weighted by molar-refractivity contribution is -0.395. The monoisotopic (exact) mass is 252 g/mol. The molecule has 94 valence electrons.